The molecule has 6 heteroatoms. The van der Waals surface area contributed by atoms with Gasteiger partial charge in [0.15, 0.2) is 0 Å². The molecule has 1 saturated heterocycles. The molecule has 2 rings (SSSR count). The first-order valence-corrected chi connectivity index (χ1v) is 8.26. The lowest BCUT2D eigenvalue weighted by atomic mass is 10.1. The summed E-state index contributed by atoms with van der Waals surface area (Å²) in [5, 5.41) is 11.0. The van der Waals surface area contributed by atoms with Crippen molar-refractivity contribution < 1.29 is 14.6 Å². The lowest BCUT2D eigenvalue weighted by Gasteiger charge is -2.36. The van der Waals surface area contributed by atoms with E-state index >= 15 is 0 Å². The largest absolute Gasteiger partial charge is 0.444 e. The summed E-state index contributed by atoms with van der Waals surface area (Å²) in [4.78, 5) is 15.9. The third kappa shape index (κ3) is 5.68. The number of halogens is 1. The maximum absolute atomic E-state index is 12.0. The lowest BCUT2D eigenvalue weighted by Crippen LogP contribution is -2.50. The molecule has 0 radical (unpaired) electrons. The number of carbonyl (C=O) groups is 1. The molecule has 1 heterocycles. The first kappa shape index (κ1) is 18.0. The van der Waals surface area contributed by atoms with E-state index in [0.717, 1.165) is 18.7 Å². The van der Waals surface area contributed by atoms with Crippen molar-refractivity contribution in [1.29, 1.82) is 0 Å². The second-order valence-corrected chi connectivity index (χ2v) is 7.27. The highest BCUT2D eigenvalue weighted by atomic mass is 35.5. The molecule has 128 valence electrons. The van der Waals surface area contributed by atoms with E-state index in [1.165, 1.54) is 0 Å². The summed E-state index contributed by atoms with van der Waals surface area (Å²) in [7, 11) is 0. The third-order valence-corrected chi connectivity index (χ3v) is 3.96. The van der Waals surface area contributed by atoms with Crippen LogP contribution in [0.5, 0.6) is 0 Å². The SMILES string of the molecule is CC(C)(C)OC(=O)N1CCN(C[C@@H](O)c2ccc(Cl)cc2)CC1. The van der Waals surface area contributed by atoms with Crippen LogP contribution in [-0.2, 0) is 4.74 Å². The number of piperazine rings is 1. The topological polar surface area (TPSA) is 53.0 Å². The average molecular weight is 341 g/mol. The van der Waals surface area contributed by atoms with Crippen molar-refractivity contribution in [1.82, 2.24) is 9.80 Å². The molecule has 0 bridgehead atoms. The summed E-state index contributed by atoms with van der Waals surface area (Å²) in [6, 6.07) is 7.23. The quantitative estimate of drug-likeness (QED) is 0.919. The first-order chi connectivity index (χ1) is 10.7. The van der Waals surface area contributed by atoms with E-state index in [2.05, 4.69) is 4.90 Å². The molecular formula is C17H25ClN2O3. The molecule has 0 aromatic heterocycles. The third-order valence-electron chi connectivity index (χ3n) is 3.71. The molecule has 1 aromatic rings. The average Bonchev–Trinajstić information content (AvgIpc) is 2.46. The monoisotopic (exact) mass is 340 g/mol. The Morgan fingerprint density at radius 1 is 1.22 bits per heavy atom. The molecule has 1 amide bonds. The molecule has 0 saturated carbocycles. The predicted octanol–water partition coefficient (Wildman–Crippen LogP) is 2.93. The molecule has 0 aliphatic carbocycles. The number of carbonyl (C=O) groups excluding carboxylic acids is 1. The van der Waals surface area contributed by atoms with Gasteiger partial charge >= 0.3 is 6.09 Å². The van der Waals surface area contributed by atoms with Gasteiger partial charge in [0.1, 0.15) is 5.60 Å². The molecule has 5 nitrogen and oxygen atoms in total. The predicted molar refractivity (Wildman–Crippen MR) is 90.7 cm³/mol. The van der Waals surface area contributed by atoms with Crippen LogP contribution in [0.2, 0.25) is 5.02 Å². The fourth-order valence-corrected chi connectivity index (χ4v) is 2.60. The Hall–Kier alpha value is -1.30. The number of β-amino-alcohol motifs (C(OH)–C–C–N with tert-alkyl or cyclic N) is 1. The van der Waals surface area contributed by atoms with Gasteiger partial charge < -0.3 is 14.7 Å². The zero-order valence-electron chi connectivity index (χ0n) is 14.0. The Morgan fingerprint density at radius 2 is 1.78 bits per heavy atom. The zero-order valence-corrected chi connectivity index (χ0v) is 14.7. The molecule has 1 fully saturated rings. The second kappa shape index (κ2) is 7.51. The van der Waals surface area contributed by atoms with Crippen molar-refractivity contribution in [2.45, 2.75) is 32.5 Å². The Labute approximate surface area is 142 Å². The van der Waals surface area contributed by atoms with Gasteiger partial charge in [-0.05, 0) is 38.5 Å². The Balaban J connectivity index is 1.80. The van der Waals surface area contributed by atoms with Crippen LogP contribution in [-0.4, -0.2) is 59.3 Å². The van der Waals surface area contributed by atoms with E-state index in [9.17, 15) is 9.90 Å². The van der Waals surface area contributed by atoms with Crippen molar-refractivity contribution >= 4 is 17.7 Å². The molecule has 1 aromatic carbocycles. The van der Waals surface area contributed by atoms with Crippen LogP contribution in [0, 0.1) is 0 Å². The highest BCUT2D eigenvalue weighted by Crippen LogP contribution is 2.18. The van der Waals surface area contributed by atoms with Gasteiger partial charge in [0.05, 0.1) is 6.10 Å². The summed E-state index contributed by atoms with van der Waals surface area (Å²) in [5.74, 6) is 0. The van der Waals surface area contributed by atoms with Crippen molar-refractivity contribution in [3.63, 3.8) is 0 Å². The highest BCUT2D eigenvalue weighted by Gasteiger charge is 2.26. The summed E-state index contributed by atoms with van der Waals surface area (Å²) in [6.45, 7) is 8.82. The van der Waals surface area contributed by atoms with Gasteiger partial charge in [-0.2, -0.15) is 0 Å². The summed E-state index contributed by atoms with van der Waals surface area (Å²) in [5.41, 5.74) is 0.378. The van der Waals surface area contributed by atoms with Crippen LogP contribution < -0.4 is 0 Å². The van der Waals surface area contributed by atoms with Crippen LogP contribution in [0.3, 0.4) is 0 Å². The van der Waals surface area contributed by atoms with E-state index in [1.54, 1.807) is 17.0 Å². The lowest BCUT2D eigenvalue weighted by molar-refractivity contribution is 0.0101. The highest BCUT2D eigenvalue weighted by molar-refractivity contribution is 6.30. The molecular weight excluding hydrogens is 316 g/mol. The number of nitrogens with zero attached hydrogens (tertiary/aromatic N) is 2. The summed E-state index contributed by atoms with van der Waals surface area (Å²) in [6.07, 6.45) is -0.823. The first-order valence-electron chi connectivity index (χ1n) is 7.88. The molecule has 1 aliphatic heterocycles. The maximum atomic E-state index is 12.0. The number of amides is 1. The van der Waals surface area contributed by atoms with Crippen molar-refractivity contribution in [2.24, 2.45) is 0 Å². The maximum Gasteiger partial charge on any atom is 0.410 e. The minimum absolute atomic E-state index is 0.268. The van der Waals surface area contributed by atoms with Gasteiger partial charge in [-0.3, -0.25) is 4.90 Å². The molecule has 23 heavy (non-hydrogen) atoms. The Kier molecular flexibility index (Phi) is 5.89. The van der Waals surface area contributed by atoms with Crippen LogP contribution in [0.15, 0.2) is 24.3 Å². The van der Waals surface area contributed by atoms with E-state index in [4.69, 9.17) is 16.3 Å². The van der Waals surface area contributed by atoms with E-state index in [-0.39, 0.29) is 6.09 Å². The molecule has 0 unspecified atom stereocenters. The van der Waals surface area contributed by atoms with E-state index < -0.39 is 11.7 Å². The second-order valence-electron chi connectivity index (χ2n) is 6.84. The number of ether oxygens (including phenoxy) is 1. The minimum Gasteiger partial charge on any atom is -0.444 e. The van der Waals surface area contributed by atoms with E-state index in [0.29, 0.717) is 24.7 Å². The fraction of sp³-hybridized carbons (Fsp3) is 0.588. The van der Waals surface area contributed by atoms with Crippen LogP contribution >= 0.6 is 11.6 Å². The number of hydrogen-bond acceptors (Lipinski definition) is 4. The number of aliphatic hydroxyl groups excluding tert-OH is 1. The van der Waals surface area contributed by atoms with Crippen molar-refractivity contribution in [3.05, 3.63) is 34.9 Å². The Bertz CT molecular complexity index is 520. The van der Waals surface area contributed by atoms with Gasteiger partial charge in [-0.1, -0.05) is 23.7 Å². The smallest absolute Gasteiger partial charge is 0.410 e. The number of hydrogen-bond donors (Lipinski definition) is 1. The molecule has 1 aliphatic rings. The van der Waals surface area contributed by atoms with Gasteiger partial charge in [-0.25, -0.2) is 4.79 Å². The van der Waals surface area contributed by atoms with Gasteiger partial charge in [0.25, 0.3) is 0 Å². The normalized spacial score (nSPS) is 17.9. The van der Waals surface area contributed by atoms with Gasteiger partial charge in [0.2, 0.25) is 0 Å². The van der Waals surface area contributed by atoms with Crippen LogP contribution in [0.25, 0.3) is 0 Å². The number of rotatable bonds is 3. The van der Waals surface area contributed by atoms with Gasteiger partial charge in [0, 0.05) is 37.7 Å². The standard InChI is InChI=1S/C17H25ClN2O3/c1-17(2,3)23-16(22)20-10-8-19(9-11-20)12-15(21)13-4-6-14(18)7-5-13/h4-7,15,21H,8-12H2,1-3H3/t15-/m1/s1. The summed E-state index contributed by atoms with van der Waals surface area (Å²) >= 11 is 5.86. The Morgan fingerprint density at radius 3 is 2.30 bits per heavy atom. The van der Waals surface area contributed by atoms with Gasteiger partial charge in [-0.15, -0.1) is 0 Å². The van der Waals surface area contributed by atoms with E-state index in [1.807, 2.05) is 32.9 Å². The summed E-state index contributed by atoms with van der Waals surface area (Å²) < 4.78 is 5.38. The van der Waals surface area contributed by atoms with Crippen LogP contribution in [0.4, 0.5) is 4.79 Å². The molecule has 0 spiro atoms. The van der Waals surface area contributed by atoms with Crippen molar-refractivity contribution in [2.75, 3.05) is 32.7 Å². The van der Waals surface area contributed by atoms with Crippen LogP contribution in [0.1, 0.15) is 32.4 Å². The number of benzene rings is 1. The zero-order chi connectivity index (χ0) is 17.0. The number of aliphatic hydroxyl groups is 1. The van der Waals surface area contributed by atoms with Crippen molar-refractivity contribution in [3.8, 4) is 0 Å². The minimum atomic E-state index is -0.555. The molecule has 1 N–H and O–H groups in total. The fourth-order valence-electron chi connectivity index (χ4n) is 2.47. The molecule has 1 atom stereocenters.